The van der Waals surface area contributed by atoms with Crippen molar-refractivity contribution in [3.8, 4) is 0 Å². The van der Waals surface area contributed by atoms with Crippen LogP contribution in [0, 0.1) is 0 Å². The zero-order chi connectivity index (χ0) is 15.5. The summed E-state index contributed by atoms with van der Waals surface area (Å²) >= 11 is 0. The number of aliphatic imine (C=N–C) groups is 1. The maximum atomic E-state index is 12.8. The van der Waals surface area contributed by atoms with Crippen LogP contribution in [0.25, 0.3) is 0 Å². The van der Waals surface area contributed by atoms with Crippen molar-refractivity contribution in [2.45, 2.75) is 12.8 Å². The first-order chi connectivity index (χ1) is 10.7. The van der Waals surface area contributed by atoms with Gasteiger partial charge in [-0.25, -0.2) is 0 Å². The molecule has 2 aliphatic rings. The third-order valence-electron chi connectivity index (χ3n) is 3.81. The van der Waals surface area contributed by atoms with Gasteiger partial charge in [0.05, 0.1) is 12.3 Å². The molecule has 1 aromatic rings. The number of benzene rings is 1. The third kappa shape index (κ3) is 2.80. The van der Waals surface area contributed by atoms with Crippen molar-refractivity contribution < 1.29 is 4.79 Å². The van der Waals surface area contributed by atoms with Gasteiger partial charge in [-0.15, -0.1) is 0 Å². The van der Waals surface area contributed by atoms with Crippen LogP contribution >= 0.6 is 0 Å². The molecule has 112 valence electrons. The normalized spacial score (nSPS) is 19.8. The minimum Gasteiger partial charge on any atom is -0.383 e. The molecule has 1 aliphatic carbocycles. The van der Waals surface area contributed by atoms with Crippen molar-refractivity contribution in [1.82, 2.24) is 4.90 Å². The molecule has 3 nitrogen and oxygen atoms in total. The van der Waals surface area contributed by atoms with E-state index in [-0.39, 0.29) is 5.78 Å². The van der Waals surface area contributed by atoms with E-state index in [1.54, 1.807) is 0 Å². The highest BCUT2D eigenvalue weighted by molar-refractivity contribution is 6.26. The highest BCUT2D eigenvalue weighted by Gasteiger charge is 2.27. The van der Waals surface area contributed by atoms with Crippen molar-refractivity contribution in [2.75, 3.05) is 20.6 Å². The maximum Gasteiger partial charge on any atom is 0.192 e. The molecule has 1 aromatic carbocycles. The van der Waals surface area contributed by atoms with Crippen LogP contribution in [0.3, 0.4) is 0 Å². The Balaban J connectivity index is 2.11. The lowest BCUT2D eigenvalue weighted by Crippen LogP contribution is -2.15. The van der Waals surface area contributed by atoms with Gasteiger partial charge in [-0.3, -0.25) is 9.79 Å². The zero-order valence-electron chi connectivity index (χ0n) is 13.0. The summed E-state index contributed by atoms with van der Waals surface area (Å²) in [4.78, 5) is 19.5. The molecule has 0 spiro atoms. The number of rotatable bonds is 2. The predicted molar refractivity (Wildman–Crippen MR) is 90.0 cm³/mol. The molecule has 0 amide bonds. The van der Waals surface area contributed by atoms with Crippen molar-refractivity contribution in [3.05, 3.63) is 71.0 Å². The standard InChI is InChI=1S/C19H20N2O/c1-21(2)13-15-12-20-18(14-8-4-3-5-9-14)16-10-6-7-11-17(16)19(15)22/h3-5,8-11,13H,6-7,12H2,1-2H3/b15-13+. The molecule has 0 saturated heterocycles. The summed E-state index contributed by atoms with van der Waals surface area (Å²) < 4.78 is 0. The number of Topliss-reactive ketones (excluding diaryl/α,β-unsaturated/α-hetero) is 1. The Bertz CT molecular complexity index is 706. The topological polar surface area (TPSA) is 32.7 Å². The van der Waals surface area contributed by atoms with Gasteiger partial charge in [0.1, 0.15) is 0 Å². The molecular weight excluding hydrogens is 272 g/mol. The van der Waals surface area contributed by atoms with E-state index in [2.05, 4.69) is 24.3 Å². The molecule has 0 radical (unpaired) electrons. The van der Waals surface area contributed by atoms with Crippen LogP contribution in [0.1, 0.15) is 18.4 Å². The average molecular weight is 292 g/mol. The number of hydrogen-bond donors (Lipinski definition) is 0. The number of carbonyl (C=O) groups excluding carboxylic acids is 1. The second kappa shape index (κ2) is 6.14. The Kier molecular flexibility index (Phi) is 4.05. The number of nitrogens with zero attached hydrogens (tertiary/aromatic N) is 2. The van der Waals surface area contributed by atoms with E-state index in [0.29, 0.717) is 6.54 Å². The maximum absolute atomic E-state index is 12.8. The van der Waals surface area contributed by atoms with E-state index >= 15 is 0 Å². The van der Waals surface area contributed by atoms with Crippen molar-refractivity contribution >= 4 is 11.5 Å². The molecule has 0 atom stereocenters. The van der Waals surface area contributed by atoms with Crippen LogP contribution in [-0.4, -0.2) is 37.0 Å². The van der Waals surface area contributed by atoms with Gasteiger partial charge in [0.25, 0.3) is 0 Å². The minimum atomic E-state index is 0.106. The summed E-state index contributed by atoms with van der Waals surface area (Å²) in [7, 11) is 3.86. The fraction of sp³-hybridized carbons (Fsp3) is 0.263. The molecule has 3 rings (SSSR count). The van der Waals surface area contributed by atoms with Crippen LogP contribution in [0.2, 0.25) is 0 Å². The molecule has 3 heteroatoms. The van der Waals surface area contributed by atoms with E-state index < -0.39 is 0 Å². The van der Waals surface area contributed by atoms with E-state index in [9.17, 15) is 4.79 Å². The Morgan fingerprint density at radius 2 is 1.73 bits per heavy atom. The van der Waals surface area contributed by atoms with Gasteiger partial charge >= 0.3 is 0 Å². The smallest absolute Gasteiger partial charge is 0.192 e. The lowest BCUT2D eigenvalue weighted by Gasteiger charge is -2.15. The van der Waals surface area contributed by atoms with E-state index in [1.807, 2.05) is 43.4 Å². The van der Waals surface area contributed by atoms with Crippen LogP contribution < -0.4 is 0 Å². The largest absolute Gasteiger partial charge is 0.383 e. The van der Waals surface area contributed by atoms with Crippen molar-refractivity contribution in [3.63, 3.8) is 0 Å². The SMILES string of the molecule is CN(C)/C=C1\CN=C(c2ccccc2)C2=CCCC=C2C1=O. The lowest BCUT2D eigenvalue weighted by molar-refractivity contribution is -0.112. The molecule has 1 heterocycles. The second-order valence-electron chi connectivity index (χ2n) is 5.79. The first kappa shape index (κ1) is 14.5. The summed E-state index contributed by atoms with van der Waals surface area (Å²) in [6, 6.07) is 10.1. The predicted octanol–water partition coefficient (Wildman–Crippen LogP) is 3.15. The first-order valence-electron chi connectivity index (χ1n) is 7.59. The van der Waals surface area contributed by atoms with Gasteiger partial charge in [0.2, 0.25) is 0 Å². The van der Waals surface area contributed by atoms with Gasteiger partial charge in [-0.1, -0.05) is 42.5 Å². The fourth-order valence-corrected chi connectivity index (χ4v) is 2.86. The highest BCUT2D eigenvalue weighted by atomic mass is 16.1. The average Bonchev–Trinajstić information content (AvgIpc) is 2.66. The summed E-state index contributed by atoms with van der Waals surface area (Å²) in [6.07, 6.45) is 7.97. The van der Waals surface area contributed by atoms with Gasteiger partial charge in [-0.2, -0.15) is 0 Å². The number of allylic oxidation sites excluding steroid dienone is 4. The van der Waals surface area contributed by atoms with Gasteiger partial charge in [0.15, 0.2) is 5.78 Å². The van der Waals surface area contributed by atoms with Crippen molar-refractivity contribution in [2.24, 2.45) is 4.99 Å². The monoisotopic (exact) mass is 292 g/mol. The van der Waals surface area contributed by atoms with Gasteiger partial charge in [0, 0.05) is 42.6 Å². The highest BCUT2D eigenvalue weighted by Crippen LogP contribution is 2.29. The Hall–Kier alpha value is -2.42. The van der Waals surface area contributed by atoms with Gasteiger partial charge in [-0.05, 0) is 12.8 Å². The van der Waals surface area contributed by atoms with Crippen molar-refractivity contribution in [1.29, 1.82) is 0 Å². The lowest BCUT2D eigenvalue weighted by atomic mass is 9.87. The quantitative estimate of drug-likeness (QED) is 0.784. The molecule has 0 bridgehead atoms. The van der Waals surface area contributed by atoms with Crippen LogP contribution in [0.5, 0.6) is 0 Å². The number of fused-ring (bicyclic) bond motifs is 1. The van der Waals surface area contributed by atoms with Crippen LogP contribution in [0.4, 0.5) is 0 Å². The van der Waals surface area contributed by atoms with E-state index in [4.69, 9.17) is 4.99 Å². The molecule has 0 N–H and O–H groups in total. The molecule has 0 aromatic heterocycles. The third-order valence-corrected chi connectivity index (χ3v) is 3.81. The summed E-state index contributed by atoms with van der Waals surface area (Å²) in [5.74, 6) is 0.106. The molecule has 22 heavy (non-hydrogen) atoms. The first-order valence-corrected chi connectivity index (χ1v) is 7.59. The summed E-state index contributed by atoms with van der Waals surface area (Å²) in [5, 5.41) is 0. The summed E-state index contributed by atoms with van der Waals surface area (Å²) in [5.41, 5.74) is 4.54. The molecule has 1 aliphatic heterocycles. The second-order valence-corrected chi connectivity index (χ2v) is 5.79. The summed E-state index contributed by atoms with van der Waals surface area (Å²) in [6.45, 7) is 0.427. The van der Waals surface area contributed by atoms with Crippen LogP contribution in [0.15, 0.2) is 70.4 Å². The van der Waals surface area contributed by atoms with Gasteiger partial charge < -0.3 is 4.90 Å². The van der Waals surface area contributed by atoms with E-state index in [1.165, 1.54) is 0 Å². The van der Waals surface area contributed by atoms with E-state index in [0.717, 1.165) is 40.8 Å². The number of carbonyl (C=O) groups is 1. The Morgan fingerprint density at radius 3 is 2.41 bits per heavy atom. The number of hydrogen-bond acceptors (Lipinski definition) is 3. The molecule has 0 unspecified atom stereocenters. The number of ketones is 1. The Labute approximate surface area is 131 Å². The molecule has 0 saturated carbocycles. The fourth-order valence-electron chi connectivity index (χ4n) is 2.86. The molecular formula is C19H20N2O. The minimum absolute atomic E-state index is 0.106. The Morgan fingerprint density at radius 1 is 1.05 bits per heavy atom. The zero-order valence-corrected chi connectivity index (χ0v) is 13.0. The van der Waals surface area contributed by atoms with Crippen LogP contribution in [-0.2, 0) is 4.79 Å². The molecule has 0 fully saturated rings.